The molecule has 0 spiro atoms. The van der Waals surface area contributed by atoms with E-state index in [0.717, 1.165) is 41.1 Å². The van der Waals surface area contributed by atoms with Gasteiger partial charge < -0.3 is 15.2 Å². The highest BCUT2D eigenvalue weighted by Gasteiger charge is 2.34. The number of hydrogen-bond donors (Lipinski definition) is 2. The summed E-state index contributed by atoms with van der Waals surface area (Å²) >= 11 is 1.52. The lowest BCUT2D eigenvalue weighted by atomic mass is 9.86. The summed E-state index contributed by atoms with van der Waals surface area (Å²) in [5.41, 5.74) is -0.413. The molecule has 10 heteroatoms. The summed E-state index contributed by atoms with van der Waals surface area (Å²) in [6, 6.07) is 6.79. The maximum Gasteiger partial charge on any atom is 0.416 e. The molecule has 1 saturated carbocycles. The number of aliphatic carboxylic acids is 1. The molecule has 1 heterocycles. The van der Waals surface area contributed by atoms with E-state index in [9.17, 15) is 27.9 Å². The Labute approximate surface area is 210 Å². The number of hydrogen-bond acceptors (Lipinski definition) is 5. The third-order valence-corrected chi connectivity index (χ3v) is 7.47. The molecule has 0 radical (unpaired) electrons. The Morgan fingerprint density at radius 2 is 1.81 bits per heavy atom. The van der Waals surface area contributed by atoms with E-state index < -0.39 is 35.1 Å². The van der Waals surface area contributed by atoms with Crippen LogP contribution >= 0.6 is 11.3 Å². The SMILES string of the molecule is CC(C)(C)C(NC(=O)c1ccc2sc(C3CCC3)nc2c1OCc1ccc(C(F)(F)F)cc1)C(=O)O. The van der Waals surface area contributed by atoms with Gasteiger partial charge in [-0.05, 0) is 48.1 Å². The van der Waals surface area contributed by atoms with Crippen molar-refractivity contribution in [3.8, 4) is 5.75 Å². The summed E-state index contributed by atoms with van der Waals surface area (Å²) in [6.07, 6.45) is -1.22. The van der Waals surface area contributed by atoms with Crippen molar-refractivity contribution in [1.82, 2.24) is 10.3 Å². The highest BCUT2D eigenvalue weighted by atomic mass is 32.1. The van der Waals surface area contributed by atoms with Crippen molar-refractivity contribution in [2.45, 2.75) is 64.8 Å². The number of nitrogens with zero attached hydrogens (tertiary/aromatic N) is 1. The first kappa shape index (κ1) is 25.9. The molecule has 1 unspecified atom stereocenters. The minimum Gasteiger partial charge on any atom is -0.486 e. The third kappa shape index (κ3) is 5.48. The Bertz CT molecular complexity index is 1280. The molecule has 0 saturated heterocycles. The molecule has 1 amide bonds. The first-order valence-electron chi connectivity index (χ1n) is 11.6. The van der Waals surface area contributed by atoms with Crippen LogP contribution in [0.4, 0.5) is 13.2 Å². The van der Waals surface area contributed by atoms with Crippen molar-refractivity contribution in [3.63, 3.8) is 0 Å². The van der Waals surface area contributed by atoms with Crippen molar-refractivity contribution in [2.24, 2.45) is 5.41 Å². The number of aromatic nitrogens is 1. The summed E-state index contributed by atoms with van der Waals surface area (Å²) in [7, 11) is 0. The normalized spacial score (nSPS) is 15.4. The highest BCUT2D eigenvalue weighted by molar-refractivity contribution is 7.18. The molecule has 3 aromatic rings. The Kier molecular flexibility index (Phi) is 7.01. The maximum atomic E-state index is 13.2. The van der Waals surface area contributed by atoms with Crippen molar-refractivity contribution >= 4 is 33.4 Å². The van der Waals surface area contributed by atoms with Crippen LogP contribution in [0.3, 0.4) is 0 Å². The van der Waals surface area contributed by atoms with Crippen LogP contribution in [0.1, 0.15) is 72.4 Å². The lowest BCUT2D eigenvalue weighted by Crippen LogP contribution is -2.49. The van der Waals surface area contributed by atoms with Crippen molar-refractivity contribution in [3.05, 3.63) is 58.1 Å². The molecular formula is C26H27F3N2O4S. The molecule has 1 aliphatic rings. The lowest BCUT2D eigenvalue weighted by Gasteiger charge is -2.28. The van der Waals surface area contributed by atoms with E-state index in [4.69, 9.17) is 9.72 Å². The Morgan fingerprint density at radius 3 is 2.33 bits per heavy atom. The van der Waals surface area contributed by atoms with Gasteiger partial charge in [0.2, 0.25) is 0 Å². The van der Waals surface area contributed by atoms with Gasteiger partial charge in [0.25, 0.3) is 5.91 Å². The van der Waals surface area contributed by atoms with Gasteiger partial charge in [0.05, 0.1) is 20.8 Å². The van der Waals surface area contributed by atoms with Gasteiger partial charge in [-0.1, -0.05) is 39.3 Å². The molecule has 6 nitrogen and oxygen atoms in total. The van der Waals surface area contributed by atoms with E-state index in [2.05, 4.69) is 5.32 Å². The van der Waals surface area contributed by atoms with Gasteiger partial charge in [-0.25, -0.2) is 9.78 Å². The fourth-order valence-corrected chi connectivity index (χ4v) is 5.08. The predicted octanol–water partition coefficient (Wildman–Crippen LogP) is 6.39. The number of carboxylic acids is 1. The number of benzene rings is 2. The molecule has 1 fully saturated rings. The van der Waals surface area contributed by atoms with Crippen LogP contribution in [-0.2, 0) is 17.6 Å². The second-order valence-electron chi connectivity index (χ2n) is 10.1. The van der Waals surface area contributed by atoms with E-state index in [1.165, 1.54) is 23.5 Å². The summed E-state index contributed by atoms with van der Waals surface area (Å²) in [5, 5.41) is 13.2. The lowest BCUT2D eigenvalue weighted by molar-refractivity contribution is -0.142. The fourth-order valence-electron chi connectivity index (χ4n) is 3.94. The van der Waals surface area contributed by atoms with Crippen molar-refractivity contribution in [1.29, 1.82) is 0 Å². The van der Waals surface area contributed by atoms with E-state index in [1.807, 2.05) is 0 Å². The van der Waals surface area contributed by atoms with Gasteiger partial charge in [-0.2, -0.15) is 13.2 Å². The summed E-state index contributed by atoms with van der Waals surface area (Å²) in [4.78, 5) is 29.8. The number of carbonyl (C=O) groups is 2. The van der Waals surface area contributed by atoms with Crippen LogP contribution in [0.15, 0.2) is 36.4 Å². The van der Waals surface area contributed by atoms with E-state index in [-0.39, 0.29) is 17.9 Å². The number of fused-ring (bicyclic) bond motifs is 1. The zero-order chi connectivity index (χ0) is 26.3. The molecule has 4 rings (SSSR count). The Balaban J connectivity index is 1.68. The molecule has 2 aromatic carbocycles. The molecule has 0 aliphatic heterocycles. The van der Waals surface area contributed by atoms with Crippen LogP contribution in [0.5, 0.6) is 5.75 Å². The van der Waals surface area contributed by atoms with Crippen molar-refractivity contribution < 1.29 is 32.6 Å². The van der Waals surface area contributed by atoms with Crippen LogP contribution in [0.25, 0.3) is 10.2 Å². The van der Waals surface area contributed by atoms with E-state index in [0.29, 0.717) is 17.0 Å². The number of ether oxygens (including phenoxy) is 1. The Morgan fingerprint density at radius 1 is 1.14 bits per heavy atom. The predicted molar refractivity (Wildman–Crippen MR) is 130 cm³/mol. The van der Waals surface area contributed by atoms with Gasteiger partial charge in [0.15, 0.2) is 5.75 Å². The second-order valence-corrected chi connectivity index (χ2v) is 11.1. The number of carbonyl (C=O) groups excluding carboxylic acids is 1. The summed E-state index contributed by atoms with van der Waals surface area (Å²) in [5.74, 6) is -1.24. The zero-order valence-electron chi connectivity index (χ0n) is 20.1. The average Bonchev–Trinajstić information content (AvgIpc) is 3.16. The van der Waals surface area contributed by atoms with Crippen LogP contribution in [0.2, 0.25) is 0 Å². The molecule has 1 aliphatic carbocycles. The van der Waals surface area contributed by atoms with Gasteiger partial charge in [0, 0.05) is 5.92 Å². The quantitative estimate of drug-likeness (QED) is 0.377. The first-order chi connectivity index (χ1) is 16.8. The molecular weight excluding hydrogens is 493 g/mol. The van der Waals surface area contributed by atoms with Crippen LogP contribution < -0.4 is 10.1 Å². The topological polar surface area (TPSA) is 88.5 Å². The molecule has 2 N–H and O–H groups in total. The van der Waals surface area contributed by atoms with Gasteiger partial charge in [-0.3, -0.25) is 4.79 Å². The smallest absolute Gasteiger partial charge is 0.416 e. The molecule has 1 atom stereocenters. The number of nitrogens with one attached hydrogen (secondary N) is 1. The largest absolute Gasteiger partial charge is 0.486 e. The van der Waals surface area contributed by atoms with E-state index >= 15 is 0 Å². The first-order valence-corrected chi connectivity index (χ1v) is 12.4. The van der Waals surface area contributed by atoms with Gasteiger partial charge in [0.1, 0.15) is 18.2 Å². The van der Waals surface area contributed by atoms with Gasteiger partial charge in [-0.15, -0.1) is 11.3 Å². The second kappa shape index (κ2) is 9.72. The monoisotopic (exact) mass is 520 g/mol. The number of alkyl halides is 3. The number of carboxylic acid groups (broad SMARTS) is 1. The number of rotatable bonds is 7. The van der Waals surface area contributed by atoms with Crippen molar-refractivity contribution in [2.75, 3.05) is 0 Å². The number of halogens is 3. The highest BCUT2D eigenvalue weighted by Crippen LogP contribution is 2.42. The number of amides is 1. The van der Waals surface area contributed by atoms with E-state index in [1.54, 1.807) is 32.9 Å². The maximum absolute atomic E-state index is 13.2. The fraction of sp³-hybridized carbons (Fsp3) is 0.423. The minimum atomic E-state index is -4.44. The van der Waals surface area contributed by atoms with Crippen LogP contribution in [0, 0.1) is 5.41 Å². The third-order valence-electron chi connectivity index (χ3n) is 6.28. The molecule has 1 aromatic heterocycles. The minimum absolute atomic E-state index is 0.0878. The number of thiazole rings is 1. The van der Waals surface area contributed by atoms with Gasteiger partial charge >= 0.3 is 12.1 Å². The summed E-state index contributed by atoms with van der Waals surface area (Å²) < 4.78 is 45.6. The van der Waals surface area contributed by atoms with Crippen LogP contribution in [-0.4, -0.2) is 28.0 Å². The molecule has 36 heavy (non-hydrogen) atoms. The summed E-state index contributed by atoms with van der Waals surface area (Å²) in [6.45, 7) is 5.04. The Hall–Kier alpha value is -3.14. The molecule has 192 valence electrons. The molecule has 0 bridgehead atoms. The standard InChI is InChI=1S/C26H27F3N2O4S/c1-25(2,3)21(24(33)34)31-22(32)17-11-12-18-19(30-23(36-18)15-5-4-6-15)20(17)35-13-14-7-9-16(10-8-14)26(27,28)29/h7-12,15,21H,4-6,13H2,1-3H3,(H,31,32)(H,33,34). The zero-order valence-corrected chi connectivity index (χ0v) is 20.9. The average molecular weight is 521 g/mol.